The molecule has 6 heteroatoms. The van der Waals surface area contributed by atoms with Gasteiger partial charge in [0, 0.05) is 18.1 Å². The molecular weight excluding hydrogens is 361 g/mol. The molecule has 4 nitrogen and oxygen atoms in total. The zero-order valence-electron chi connectivity index (χ0n) is 13.7. The van der Waals surface area contributed by atoms with E-state index in [-0.39, 0.29) is 16.5 Å². The third-order valence-electron chi connectivity index (χ3n) is 4.22. The smallest absolute Gasteiger partial charge is 0.340 e. The molecule has 0 aliphatic carbocycles. The number of ether oxygens (including phenoxy) is 1. The van der Waals surface area contributed by atoms with Gasteiger partial charge in [-0.1, -0.05) is 47.5 Å². The number of halogens is 2. The lowest BCUT2D eigenvalue weighted by Crippen LogP contribution is -2.42. The molecule has 0 unspecified atom stereocenters. The molecule has 0 bridgehead atoms. The quantitative estimate of drug-likeness (QED) is 0.755. The second-order valence-electron chi connectivity index (χ2n) is 5.95. The summed E-state index contributed by atoms with van der Waals surface area (Å²) in [5, 5.41) is 0.615. The minimum absolute atomic E-state index is 0.151. The topological polar surface area (TPSA) is 46.6 Å². The molecule has 3 rings (SSSR count). The van der Waals surface area contributed by atoms with E-state index >= 15 is 0 Å². The highest BCUT2D eigenvalue weighted by molar-refractivity contribution is 6.35. The van der Waals surface area contributed by atoms with Crippen LogP contribution in [0.1, 0.15) is 28.4 Å². The molecule has 130 valence electrons. The van der Waals surface area contributed by atoms with Crippen molar-refractivity contribution in [3.8, 4) is 0 Å². The van der Waals surface area contributed by atoms with Crippen molar-refractivity contribution < 1.29 is 14.3 Å². The first kappa shape index (κ1) is 17.8. The summed E-state index contributed by atoms with van der Waals surface area (Å²) in [6.07, 6.45) is -0.101. The highest BCUT2D eigenvalue weighted by Gasteiger charge is 2.27. The third kappa shape index (κ3) is 3.97. The average molecular weight is 378 g/mol. The van der Waals surface area contributed by atoms with Gasteiger partial charge in [0.1, 0.15) is 0 Å². The summed E-state index contributed by atoms with van der Waals surface area (Å²) in [6.45, 7) is 2.70. The molecule has 25 heavy (non-hydrogen) atoms. The SMILES string of the molecule is C[C@@H](OC(=O)c1cc(Cl)ccc1Cl)C(=O)N1CCc2ccccc2C1. The molecule has 1 aliphatic rings. The number of esters is 1. The van der Waals surface area contributed by atoms with E-state index < -0.39 is 12.1 Å². The summed E-state index contributed by atoms with van der Waals surface area (Å²) < 4.78 is 5.30. The summed E-state index contributed by atoms with van der Waals surface area (Å²) in [5.41, 5.74) is 2.53. The maximum Gasteiger partial charge on any atom is 0.340 e. The summed E-state index contributed by atoms with van der Waals surface area (Å²) in [6, 6.07) is 12.6. The van der Waals surface area contributed by atoms with Crippen LogP contribution in [0.2, 0.25) is 10.0 Å². The van der Waals surface area contributed by atoms with Crippen molar-refractivity contribution in [2.45, 2.75) is 26.0 Å². The molecular formula is C19H17Cl2NO3. The molecule has 0 spiro atoms. The second-order valence-corrected chi connectivity index (χ2v) is 6.79. The predicted molar refractivity (Wildman–Crippen MR) is 96.9 cm³/mol. The minimum atomic E-state index is -0.896. The molecule has 1 atom stereocenters. The van der Waals surface area contributed by atoms with Gasteiger partial charge in [-0.15, -0.1) is 0 Å². The van der Waals surface area contributed by atoms with Gasteiger partial charge in [0.15, 0.2) is 6.10 Å². The molecule has 0 saturated carbocycles. The van der Waals surface area contributed by atoms with Crippen LogP contribution in [0.4, 0.5) is 0 Å². The fourth-order valence-corrected chi connectivity index (χ4v) is 3.24. The van der Waals surface area contributed by atoms with E-state index in [4.69, 9.17) is 27.9 Å². The Morgan fingerprint density at radius 1 is 1.12 bits per heavy atom. The fraction of sp³-hybridized carbons (Fsp3) is 0.263. The lowest BCUT2D eigenvalue weighted by molar-refractivity contribution is -0.140. The molecule has 0 fully saturated rings. The number of hydrogen-bond acceptors (Lipinski definition) is 3. The molecule has 2 aromatic carbocycles. The van der Waals surface area contributed by atoms with E-state index in [1.807, 2.05) is 18.2 Å². The molecule has 1 amide bonds. The first-order valence-electron chi connectivity index (χ1n) is 7.97. The van der Waals surface area contributed by atoms with E-state index in [1.54, 1.807) is 17.9 Å². The minimum Gasteiger partial charge on any atom is -0.449 e. The van der Waals surface area contributed by atoms with Crippen LogP contribution in [-0.2, 0) is 22.5 Å². The zero-order valence-corrected chi connectivity index (χ0v) is 15.2. The van der Waals surface area contributed by atoms with Crippen LogP contribution >= 0.6 is 23.2 Å². The van der Waals surface area contributed by atoms with Crippen LogP contribution in [0.25, 0.3) is 0 Å². The Bertz CT molecular complexity index is 822. The van der Waals surface area contributed by atoms with Gasteiger partial charge in [0.05, 0.1) is 10.6 Å². The number of nitrogens with zero attached hydrogens (tertiary/aromatic N) is 1. The van der Waals surface area contributed by atoms with E-state index in [0.717, 1.165) is 12.0 Å². The number of fused-ring (bicyclic) bond motifs is 1. The van der Waals surface area contributed by atoms with Crippen molar-refractivity contribution in [3.05, 3.63) is 69.2 Å². The van der Waals surface area contributed by atoms with Gasteiger partial charge in [-0.3, -0.25) is 4.79 Å². The number of hydrogen-bond donors (Lipinski definition) is 0. The van der Waals surface area contributed by atoms with Crippen molar-refractivity contribution >= 4 is 35.1 Å². The van der Waals surface area contributed by atoms with E-state index in [9.17, 15) is 9.59 Å². The van der Waals surface area contributed by atoms with Crippen molar-refractivity contribution in [2.24, 2.45) is 0 Å². The summed E-state index contributed by atoms with van der Waals surface area (Å²) >= 11 is 11.9. The molecule has 1 heterocycles. The standard InChI is InChI=1S/C19H17Cl2NO3/c1-12(25-19(24)16-10-15(20)6-7-17(16)21)18(23)22-9-8-13-4-2-3-5-14(13)11-22/h2-7,10,12H,8-9,11H2,1H3/t12-/m1/s1. The Balaban J connectivity index is 1.67. The highest BCUT2D eigenvalue weighted by Crippen LogP contribution is 2.23. The van der Waals surface area contributed by atoms with E-state index in [1.165, 1.54) is 17.7 Å². The molecule has 0 saturated heterocycles. The van der Waals surface area contributed by atoms with Gasteiger partial charge in [-0.2, -0.15) is 0 Å². The summed E-state index contributed by atoms with van der Waals surface area (Å²) in [5.74, 6) is -0.883. The highest BCUT2D eigenvalue weighted by atomic mass is 35.5. The summed E-state index contributed by atoms with van der Waals surface area (Å²) in [4.78, 5) is 26.6. The Kier molecular flexibility index (Phi) is 5.30. The zero-order chi connectivity index (χ0) is 18.0. The number of amides is 1. The fourth-order valence-electron chi connectivity index (χ4n) is 2.87. The van der Waals surface area contributed by atoms with Crippen molar-refractivity contribution in [1.29, 1.82) is 0 Å². The van der Waals surface area contributed by atoms with Crippen LogP contribution in [0, 0.1) is 0 Å². The van der Waals surface area contributed by atoms with Gasteiger partial charge < -0.3 is 9.64 Å². The van der Waals surface area contributed by atoms with Crippen LogP contribution in [0.5, 0.6) is 0 Å². The van der Waals surface area contributed by atoms with E-state index in [2.05, 4.69) is 6.07 Å². The molecule has 0 radical (unpaired) electrons. The van der Waals surface area contributed by atoms with Crippen LogP contribution in [0.15, 0.2) is 42.5 Å². The largest absolute Gasteiger partial charge is 0.449 e. The second kappa shape index (κ2) is 7.46. The Labute approximate surface area is 156 Å². The lowest BCUT2D eigenvalue weighted by atomic mass is 9.99. The first-order valence-corrected chi connectivity index (χ1v) is 8.73. The average Bonchev–Trinajstić information content (AvgIpc) is 2.62. The predicted octanol–water partition coefficient (Wildman–Crippen LogP) is 4.12. The van der Waals surface area contributed by atoms with Crippen molar-refractivity contribution in [3.63, 3.8) is 0 Å². The van der Waals surface area contributed by atoms with Crippen molar-refractivity contribution in [2.75, 3.05) is 6.54 Å². The monoisotopic (exact) mass is 377 g/mol. The molecule has 1 aliphatic heterocycles. The number of carbonyl (C=O) groups is 2. The van der Waals surface area contributed by atoms with Gasteiger partial charge in [-0.05, 0) is 42.7 Å². The van der Waals surface area contributed by atoms with Crippen LogP contribution < -0.4 is 0 Å². The van der Waals surface area contributed by atoms with Gasteiger partial charge >= 0.3 is 5.97 Å². The molecule has 0 N–H and O–H groups in total. The van der Waals surface area contributed by atoms with Gasteiger partial charge in [-0.25, -0.2) is 4.79 Å². The van der Waals surface area contributed by atoms with Gasteiger partial charge in [0.25, 0.3) is 5.91 Å². The van der Waals surface area contributed by atoms with Gasteiger partial charge in [0.2, 0.25) is 0 Å². The normalized spacial score (nSPS) is 14.6. The Morgan fingerprint density at radius 2 is 1.84 bits per heavy atom. The number of benzene rings is 2. The Morgan fingerprint density at radius 3 is 2.60 bits per heavy atom. The van der Waals surface area contributed by atoms with Crippen LogP contribution in [-0.4, -0.2) is 29.4 Å². The van der Waals surface area contributed by atoms with Crippen LogP contribution in [0.3, 0.4) is 0 Å². The lowest BCUT2D eigenvalue weighted by Gasteiger charge is -2.30. The van der Waals surface area contributed by atoms with Crippen molar-refractivity contribution in [1.82, 2.24) is 4.90 Å². The summed E-state index contributed by atoms with van der Waals surface area (Å²) in [7, 11) is 0. The third-order valence-corrected chi connectivity index (χ3v) is 4.79. The first-order chi connectivity index (χ1) is 12.0. The maximum absolute atomic E-state index is 12.6. The molecule has 2 aromatic rings. The number of rotatable bonds is 3. The Hall–Kier alpha value is -2.04. The molecule has 0 aromatic heterocycles. The number of carbonyl (C=O) groups excluding carboxylic acids is 2. The van der Waals surface area contributed by atoms with E-state index in [0.29, 0.717) is 18.1 Å². The maximum atomic E-state index is 12.6.